The molecular weight excluding hydrogens is 382 g/mol. The molecule has 152 valence electrons. The van der Waals surface area contributed by atoms with Crippen LogP contribution in [0.25, 0.3) is 0 Å². The monoisotopic (exact) mass is 409 g/mol. The predicted octanol–water partition coefficient (Wildman–Crippen LogP) is 4.58. The Balaban J connectivity index is 1.41. The van der Waals surface area contributed by atoms with Crippen LogP contribution in [-0.4, -0.2) is 28.3 Å². The van der Waals surface area contributed by atoms with Crippen LogP contribution >= 0.6 is 12.2 Å². The smallest absolute Gasteiger partial charge is 0.231 e. The van der Waals surface area contributed by atoms with E-state index in [0.29, 0.717) is 13.1 Å². The number of fused-ring (bicyclic) bond motifs is 1. The van der Waals surface area contributed by atoms with Crippen molar-refractivity contribution in [3.63, 3.8) is 0 Å². The lowest BCUT2D eigenvalue weighted by atomic mass is 9.97. The van der Waals surface area contributed by atoms with Gasteiger partial charge in [-0.15, -0.1) is 0 Å². The van der Waals surface area contributed by atoms with Gasteiger partial charge in [0.15, 0.2) is 16.6 Å². The van der Waals surface area contributed by atoms with Crippen molar-refractivity contribution in [1.29, 1.82) is 0 Å². The third-order valence-corrected chi connectivity index (χ3v) is 5.69. The van der Waals surface area contributed by atoms with Crippen molar-refractivity contribution in [2.24, 2.45) is 0 Å². The van der Waals surface area contributed by atoms with Crippen LogP contribution in [-0.2, 0) is 13.1 Å². The van der Waals surface area contributed by atoms with Crippen molar-refractivity contribution in [3.8, 4) is 11.5 Å². The molecule has 0 saturated carbocycles. The number of hydrogen-bond acceptors (Lipinski definition) is 4. The zero-order valence-electron chi connectivity index (χ0n) is 16.6. The number of allylic oxidation sites excluding steroid dienone is 1. The highest BCUT2D eigenvalue weighted by Crippen LogP contribution is 2.33. The molecule has 0 spiro atoms. The Morgan fingerprint density at radius 3 is 2.86 bits per heavy atom. The highest BCUT2D eigenvalue weighted by molar-refractivity contribution is 7.80. The topological polar surface area (TPSA) is 46.6 Å². The van der Waals surface area contributed by atoms with Crippen molar-refractivity contribution >= 4 is 17.3 Å². The van der Waals surface area contributed by atoms with Gasteiger partial charge in [-0.3, -0.25) is 4.98 Å². The lowest BCUT2D eigenvalue weighted by Crippen LogP contribution is -2.39. The van der Waals surface area contributed by atoms with E-state index in [0.717, 1.165) is 40.8 Å². The number of benzene rings is 1. The predicted molar refractivity (Wildman–Crippen MR) is 118 cm³/mol. The Morgan fingerprint density at radius 2 is 2.03 bits per heavy atom. The third-order valence-electron chi connectivity index (χ3n) is 5.28. The van der Waals surface area contributed by atoms with Gasteiger partial charge in [-0.25, -0.2) is 0 Å². The summed E-state index contributed by atoms with van der Waals surface area (Å²) in [5.41, 5.74) is 3.68. The molecule has 2 aliphatic rings. The fourth-order valence-electron chi connectivity index (χ4n) is 3.72. The first kappa shape index (κ1) is 19.7. The number of thiocarbonyl (C=S) groups is 1. The maximum Gasteiger partial charge on any atom is 0.231 e. The Labute approximate surface area is 177 Å². The van der Waals surface area contributed by atoms with Crippen LogP contribution < -0.4 is 14.8 Å². The van der Waals surface area contributed by atoms with E-state index in [4.69, 9.17) is 21.7 Å². The molecule has 0 saturated heterocycles. The van der Waals surface area contributed by atoms with Crippen LogP contribution in [0.3, 0.4) is 0 Å². The average molecular weight is 410 g/mol. The Morgan fingerprint density at radius 1 is 1.10 bits per heavy atom. The van der Waals surface area contributed by atoms with E-state index in [2.05, 4.69) is 27.3 Å². The molecule has 0 unspecified atom stereocenters. The van der Waals surface area contributed by atoms with Gasteiger partial charge in [-0.1, -0.05) is 23.8 Å². The van der Waals surface area contributed by atoms with E-state index in [1.54, 1.807) is 5.57 Å². The lowest BCUT2D eigenvalue weighted by Gasteiger charge is -2.26. The minimum Gasteiger partial charge on any atom is -0.454 e. The largest absolute Gasteiger partial charge is 0.454 e. The summed E-state index contributed by atoms with van der Waals surface area (Å²) in [7, 11) is 0. The SMILES string of the molecule is S=C(NCCC1=CCCCC1)N(Cc1ccc2c(c1)OCO2)Cc1ccccn1. The molecule has 0 fully saturated rings. The summed E-state index contributed by atoms with van der Waals surface area (Å²) in [6, 6.07) is 12.0. The number of aromatic nitrogens is 1. The Hall–Kier alpha value is -2.60. The molecule has 4 rings (SSSR count). The molecule has 1 aromatic heterocycles. The lowest BCUT2D eigenvalue weighted by molar-refractivity contribution is 0.174. The third kappa shape index (κ3) is 5.48. The summed E-state index contributed by atoms with van der Waals surface area (Å²) < 4.78 is 10.9. The number of nitrogens with zero attached hydrogens (tertiary/aromatic N) is 2. The number of ether oxygens (including phenoxy) is 2. The van der Waals surface area contributed by atoms with Gasteiger partial charge in [-0.05, 0) is 74.2 Å². The molecule has 5 nitrogen and oxygen atoms in total. The van der Waals surface area contributed by atoms with Gasteiger partial charge in [0.05, 0.1) is 12.2 Å². The quantitative estimate of drug-likeness (QED) is 0.534. The fraction of sp³-hybridized carbons (Fsp3) is 0.391. The molecular formula is C23H27N3O2S. The normalized spacial score (nSPS) is 15.0. The van der Waals surface area contributed by atoms with Gasteiger partial charge in [0.1, 0.15) is 0 Å². The molecule has 0 bridgehead atoms. The maximum absolute atomic E-state index is 5.75. The van der Waals surface area contributed by atoms with Crippen LogP contribution in [0.15, 0.2) is 54.2 Å². The maximum atomic E-state index is 5.75. The summed E-state index contributed by atoms with van der Waals surface area (Å²) in [5.74, 6) is 1.59. The van der Waals surface area contributed by atoms with Crippen molar-refractivity contribution in [1.82, 2.24) is 15.2 Å². The number of pyridine rings is 1. The molecule has 1 aliphatic carbocycles. The van der Waals surface area contributed by atoms with Crippen LogP contribution in [0.4, 0.5) is 0 Å². The van der Waals surface area contributed by atoms with Crippen molar-refractivity contribution in [2.75, 3.05) is 13.3 Å². The summed E-state index contributed by atoms with van der Waals surface area (Å²) >= 11 is 5.75. The van der Waals surface area contributed by atoms with E-state index < -0.39 is 0 Å². The minimum absolute atomic E-state index is 0.284. The van der Waals surface area contributed by atoms with Gasteiger partial charge in [-0.2, -0.15) is 0 Å². The second-order valence-corrected chi connectivity index (χ2v) is 7.84. The zero-order valence-corrected chi connectivity index (χ0v) is 17.4. The molecule has 1 aliphatic heterocycles. The van der Waals surface area contributed by atoms with E-state index in [1.165, 1.54) is 25.7 Å². The standard InChI is InChI=1S/C23H27N3O2S/c29-23(25-13-11-18-6-2-1-3-7-18)26(16-20-8-4-5-12-24-20)15-19-9-10-21-22(14-19)28-17-27-21/h4-6,8-10,12,14H,1-3,7,11,13,15-17H2,(H,25,29). The van der Waals surface area contributed by atoms with Crippen LogP contribution in [0, 0.1) is 0 Å². The molecule has 1 N–H and O–H groups in total. The Kier molecular flexibility index (Phi) is 6.62. The van der Waals surface area contributed by atoms with Gasteiger partial charge in [0, 0.05) is 19.3 Å². The summed E-state index contributed by atoms with van der Waals surface area (Å²) in [6.07, 6.45) is 10.3. The second kappa shape index (κ2) is 9.74. The van der Waals surface area contributed by atoms with Crippen molar-refractivity contribution in [3.05, 3.63) is 65.5 Å². The summed E-state index contributed by atoms with van der Waals surface area (Å²) in [5, 5.41) is 4.21. The summed E-state index contributed by atoms with van der Waals surface area (Å²) in [6.45, 7) is 2.49. The fourth-order valence-corrected chi connectivity index (χ4v) is 3.95. The average Bonchev–Trinajstić information content (AvgIpc) is 3.23. The van der Waals surface area contributed by atoms with Gasteiger partial charge in [0.25, 0.3) is 0 Å². The molecule has 6 heteroatoms. The number of nitrogens with one attached hydrogen (secondary N) is 1. The first-order valence-corrected chi connectivity index (χ1v) is 10.7. The zero-order chi connectivity index (χ0) is 19.9. The molecule has 29 heavy (non-hydrogen) atoms. The molecule has 2 aromatic rings. The second-order valence-electron chi connectivity index (χ2n) is 7.45. The van der Waals surface area contributed by atoms with Crippen LogP contribution in [0.5, 0.6) is 11.5 Å². The van der Waals surface area contributed by atoms with Gasteiger partial charge < -0.3 is 19.7 Å². The highest BCUT2D eigenvalue weighted by atomic mass is 32.1. The van der Waals surface area contributed by atoms with E-state index >= 15 is 0 Å². The molecule has 0 atom stereocenters. The molecule has 2 heterocycles. The van der Waals surface area contributed by atoms with E-state index in [9.17, 15) is 0 Å². The van der Waals surface area contributed by atoms with Gasteiger partial charge >= 0.3 is 0 Å². The minimum atomic E-state index is 0.284. The van der Waals surface area contributed by atoms with Gasteiger partial charge in [0.2, 0.25) is 6.79 Å². The number of hydrogen-bond donors (Lipinski definition) is 1. The van der Waals surface area contributed by atoms with E-state index in [1.807, 2.05) is 36.5 Å². The highest BCUT2D eigenvalue weighted by Gasteiger charge is 2.17. The first-order chi connectivity index (χ1) is 14.3. The first-order valence-electron chi connectivity index (χ1n) is 10.3. The number of rotatable bonds is 7. The van der Waals surface area contributed by atoms with Crippen molar-refractivity contribution < 1.29 is 9.47 Å². The molecule has 0 amide bonds. The van der Waals surface area contributed by atoms with Crippen LogP contribution in [0.2, 0.25) is 0 Å². The van der Waals surface area contributed by atoms with E-state index in [-0.39, 0.29) is 6.79 Å². The Bertz CT molecular complexity index is 870. The van der Waals surface area contributed by atoms with Crippen molar-refractivity contribution in [2.45, 2.75) is 45.2 Å². The summed E-state index contributed by atoms with van der Waals surface area (Å²) in [4.78, 5) is 6.63. The molecule has 1 aromatic carbocycles. The van der Waals surface area contributed by atoms with Crippen LogP contribution in [0.1, 0.15) is 43.4 Å². The molecule has 0 radical (unpaired) electrons.